The summed E-state index contributed by atoms with van der Waals surface area (Å²) in [4.78, 5) is 1.38. The SMILES string of the molecule is Cc1cccs1.F[B-](F)(F)F.F[B-](F)(F)F.F[B-](F)(F)F.[H-].[K+]. The first-order valence-corrected chi connectivity index (χ1v) is 5.39. The Hall–Kier alpha value is 0.691. The summed E-state index contributed by atoms with van der Waals surface area (Å²) >= 11 is 1.78. The summed E-state index contributed by atoms with van der Waals surface area (Å²) < 4.78 is 117. The molecule has 1 aromatic heterocycles. The molecule has 0 N–H and O–H groups in total. The third-order valence-corrected chi connectivity index (χ3v) is 1.46. The van der Waals surface area contributed by atoms with Crippen LogP contribution in [0.25, 0.3) is 0 Å². The molecular weight excluding hydrogens is 392 g/mol. The molecule has 0 aliphatic heterocycles. The van der Waals surface area contributed by atoms with Gasteiger partial charge < -0.3 is 53.2 Å². The van der Waals surface area contributed by atoms with Crippen molar-refractivity contribution in [3.8, 4) is 0 Å². The summed E-state index contributed by atoms with van der Waals surface area (Å²) in [5.41, 5.74) is 0. The molecule has 0 fully saturated rings. The summed E-state index contributed by atoms with van der Waals surface area (Å²) in [7, 11) is -18.0. The van der Waals surface area contributed by atoms with Gasteiger partial charge in [-0.3, -0.25) is 0 Å². The summed E-state index contributed by atoms with van der Waals surface area (Å²) in [6.07, 6.45) is 0. The Morgan fingerprint density at radius 1 is 0.727 bits per heavy atom. The van der Waals surface area contributed by atoms with Crippen LogP contribution in [0.5, 0.6) is 0 Å². The molecule has 0 unspecified atom stereocenters. The van der Waals surface area contributed by atoms with Gasteiger partial charge in [-0.15, -0.1) is 11.3 Å². The fourth-order valence-corrected chi connectivity index (χ4v) is 0.890. The fraction of sp³-hybridized carbons (Fsp3) is 0.200. The molecule has 0 aliphatic carbocycles. The molecule has 0 saturated heterocycles. The van der Waals surface area contributed by atoms with Gasteiger partial charge in [-0.05, 0) is 18.4 Å². The fourth-order valence-electron chi connectivity index (χ4n) is 0.361. The third kappa shape index (κ3) is 136. The second-order valence-electron chi connectivity index (χ2n) is 2.71. The molecule has 0 amide bonds. The van der Waals surface area contributed by atoms with E-state index in [1.54, 1.807) is 11.3 Å². The average Bonchev–Trinajstić information content (AvgIpc) is 2.44. The Morgan fingerprint density at radius 3 is 1.00 bits per heavy atom. The van der Waals surface area contributed by atoms with Crippen LogP contribution < -0.4 is 51.4 Å². The Morgan fingerprint density at radius 2 is 0.955 bits per heavy atom. The van der Waals surface area contributed by atoms with E-state index < -0.39 is 21.8 Å². The van der Waals surface area contributed by atoms with Gasteiger partial charge in [0.05, 0.1) is 0 Å². The van der Waals surface area contributed by atoms with Crippen molar-refractivity contribution in [3.63, 3.8) is 0 Å². The van der Waals surface area contributed by atoms with E-state index in [4.69, 9.17) is 0 Å². The molecule has 22 heavy (non-hydrogen) atoms. The molecule has 0 spiro atoms. The average molecular weight is 399 g/mol. The summed E-state index contributed by atoms with van der Waals surface area (Å²) in [6, 6.07) is 4.16. The first-order valence-electron chi connectivity index (χ1n) is 4.51. The molecule has 130 valence electrons. The van der Waals surface area contributed by atoms with E-state index in [0.717, 1.165) is 0 Å². The van der Waals surface area contributed by atoms with Crippen molar-refractivity contribution in [2.24, 2.45) is 0 Å². The minimum atomic E-state index is -6.00. The van der Waals surface area contributed by atoms with E-state index >= 15 is 0 Å². The minimum Gasteiger partial charge on any atom is -1.00 e. The molecule has 1 heterocycles. The maximum atomic E-state index is 9.75. The molecular formula is C5H7B3F12KS-3. The Labute approximate surface area is 165 Å². The van der Waals surface area contributed by atoms with Crippen LogP contribution in [0.4, 0.5) is 51.8 Å². The zero-order chi connectivity index (χ0) is 17.9. The molecule has 0 saturated carbocycles. The Bertz CT molecular complexity index is 291. The van der Waals surface area contributed by atoms with Gasteiger partial charge in [-0.2, -0.15) is 0 Å². The van der Waals surface area contributed by atoms with E-state index in [1.165, 1.54) is 4.88 Å². The van der Waals surface area contributed by atoms with Crippen molar-refractivity contribution in [1.29, 1.82) is 0 Å². The third-order valence-electron chi connectivity index (χ3n) is 0.663. The molecule has 0 radical (unpaired) electrons. The van der Waals surface area contributed by atoms with Gasteiger partial charge in [0.15, 0.2) is 0 Å². The van der Waals surface area contributed by atoms with Gasteiger partial charge in [-0.1, -0.05) is 6.07 Å². The predicted octanol–water partition coefficient (Wildman–Crippen LogP) is 3.07. The number of hydrogen-bond donors (Lipinski definition) is 0. The Kier molecular flexibility index (Phi) is 19.5. The van der Waals surface area contributed by atoms with Crippen LogP contribution in [-0.2, 0) is 0 Å². The number of aryl methyl sites for hydroxylation is 1. The van der Waals surface area contributed by atoms with Gasteiger partial charge >= 0.3 is 73.1 Å². The molecule has 0 aliphatic rings. The van der Waals surface area contributed by atoms with Gasteiger partial charge in [0.1, 0.15) is 0 Å². The van der Waals surface area contributed by atoms with Gasteiger partial charge in [0, 0.05) is 4.88 Å². The maximum Gasteiger partial charge on any atom is 1.00 e. The summed E-state index contributed by atoms with van der Waals surface area (Å²) in [5, 5.41) is 2.08. The summed E-state index contributed by atoms with van der Waals surface area (Å²) in [5.74, 6) is 0. The van der Waals surface area contributed by atoms with Crippen LogP contribution in [0, 0.1) is 6.92 Å². The van der Waals surface area contributed by atoms with Gasteiger partial charge in [-0.25, -0.2) is 0 Å². The van der Waals surface area contributed by atoms with E-state index in [2.05, 4.69) is 24.4 Å². The van der Waals surface area contributed by atoms with Crippen molar-refractivity contribution < 1.29 is 105 Å². The molecule has 0 aromatic carbocycles. The number of thiophene rings is 1. The zero-order valence-corrected chi connectivity index (χ0v) is 14.8. The van der Waals surface area contributed by atoms with Crippen LogP contribution in [-0.4, -0.2) is 21.8 Å². The predicted molar refractivity (Wildman–Crippen MR) is 60.7 cm³/mol. The van der Waals surface area contributed by atoms with Crippen LogP contribution in [0.2, 0.25) is 0 Å². The van der Waals surface area contributed by atoms with Gasteiger partial charge in [0.25, 0.3) is 0 Å². The van der Waals surface area contributed by atoms with E-state index in [1.807, 2.05) is 0 Å². The molecule has 0 nitrogen and oxygen atoms in total. The minimum absolute atomic E-state index is 0. The number of rotatable bonds is 0. The zero-order valence-electron chi connectivity index (χ0n) is 11.9. The first-order chi connectivity index (χ1) is 8.89. The molecule has 17 heteroatoms. The van der Waals surface area contributed by atoms with E-state index in [0.29, 0.717) is 0 Å². The van der Waals surface area contributed by atoms with Crippen molar-refractivity contribution in [2.75, 3.05) is 0 Å². The van der Waals surface area contributed by atoms with Crippen molar-refractivity contribution in [2.45, 2.75) is 6.92 Å². The normalized spacial score (nSPS) is 10.6. The second kappa shape index (κ2) is 14.1. The molecule has 0 atom stereocenters. The number of hydrogen-bond acceptors (Lipinski definition) is 1. The standard InChI is InChI=1S/C5H6S.3BF4.K.H/c1-5-3-2-4-6-5;3*2-1(3,4)5;;/h2-4H,1H3;;;;;/q;3*-1;+1;-1. The topological polar surface area (TPSA) is 0 Å². The number of halogens is 12. The summed E-state index contributed by atoms with van der Waals surface area (Å²) in [6.45, 7) is 2.10. The largest absolute Gasteiger partial charge is 1.00 e. The molecule has 1 rings (SSSR count). The van der Waals surface area contributed by atoms with E-state index in [9.17, 15) is 51.8 Å². The van der Waals surface area contributed by atoms with Crippen molar-refractivity contribution >= 4 is 33.1 Å². The van der Waals surface area contributed by atoms with Crippen LogP contribution in [0.15, 0.2) is 17.5 Å². The van der Waals surface area contributed by atoms with Crippen LogP contribution >= 0.6 is 11.3 Å². The molecule has 0 bridgehead atoms. The smallest absolute Gasteiger partial charge is 1.00 e. The van der Waals surface area contributed by atoms with Crippen LogP contribution in [0.1, 0.15) is 6.30 Å². The van der Waals surface area contributed by atoms with Crippen LogP contribution in [0.3, 0.4) is 0 Å². The van der Waals surface area contributed by atoms with Crippen molar-refractivity contribution in [3.05, 3.63) is 22.4 Å². The second-order valence-corrected chi connectivity index (χ2v) is 3.86. The first kappa shape index (κ1) is 30.6. The quantitative estimate of drug-likeness (QED) is 0.465. The van der Waals surface area contributed by atoms with E-state index in [-0.39, 0.29) is 52.8 Å². The van der Waals surface area contributed by atoms with Crippen molar-refractivity contribution in [1.82, 2.24) is 0 Å². The monoisotopic (exact) mass is 399 g/mol. The molecule has 1 aromatic rings. The Balaban J connectivity index is -0.0000000612. The van der Waals surface area contributed by atoms with Gasteiger partial charge in [0.2, 0.25) is 0 Å². The maximum absolute atomic E-state index is 9.75.